The second-order valence-corrected chi connectivity index (χ2v) is 7.73. The first-order chi connectivity index (χ1) is 15.8. The molecule has 0 aliphatic heterocycles. The van der Waals surface area contributed by atoms with E-state index in [-0.39, 0.29) is 5.91 Å². The van der Waals surface area contributed by atoms with Crippen LogP contribution < -0.4 is 10.1 Å². The Morgan fingerprint density at radius 1 is 0.938 bits per heavy atom. The molecule has 2 aromatic heterocycles. The maximum Gasteiger partial charge on any atom is 0.286 e. The van der Waals surface area contributed by atoms with Crippen molar-refractivity contribution in [2.24, 2.45) is 0 Å². The van der Waals surface area contributed by atoms with Crippen LogP contribution in [0.3, 0.4) is 0 Å². The highest BCUT2D eigenvalue weighted by atomic mass is 16.5. The Kier molecular flexibility index (Phi) is 7.58. The molecule has 0 saturated carbocycles. The molecule has 0 bridgehead atoms. The normalized spacial score (nSPS) is 11.0. The quantitative estimate of drug-likeness (QED) is 0.311. The summed E-state index contributed by atoms with van der Waals surface area (Å²) in [4.78, 5) is 16.8. The zero-order chi connectivity index (χ0) is 22.0. The fourth-order valence-corrected chi connectivity index (χ4v) is 3.78. The molecule has 4 aromatic rings. The minimum Gasteiger partial charge on any atom is -0.494 e. The van der Waals surface area contributed by atoms with Crippen molar-refractivity contribution in [3.63, 3.8) is 0 Å². The Balaban J connectivity index is 1.25. The summed E-state index contributed by atoms with van der Waals surface area (Å²) >= 11 is 0. The first-order valence-electron chi connectivity index (χ1n) is 11.2. The summed E-state index contributed by atoms with van der Waals surface area (Å²) in [6.07, 6.45) is 6.33. The van der Waals surface area contributed by atoms with Gasteiger partial charge in [-0.2, -0.15) is 0 Å². The van der Waals surface area contributed by atoms with Gasteiger partial charge in [0.15, 0.2) is 5.76 Å². The lowest BCUT2D eigenvalue weighted by Crippen LogP contribution is -2.23. The molecule has 0 saturated heterocycles. The third-order valence-electron chi connectivity index (χ3n) is 5.38. The Morgan fingerprint density at radius 3 is 2.62 bits per heavy atom. The number of para-hydroxylation sites is 3. The van der Waals surface area contributed by atoms with E-state index in [2.05, 4.69) is 28.1 Å². The lowest BCUT2D eigenvalue weighted by atomic mass is 10.2. The highest BCUT2D eigenvalue weighted by molar-refractivity contribution is 5.91. The average molecular weight is 432 g/mol. The molecule has 0 unspecified atom stereocenters. The number of furan rings is 1. The van der Waals surface area contributed by atoms with E-state index < -0.39 is 0 Å². The topological polar surface area (TPSA) is 69.3 Å². The number of nitrogens with zero attached hydrogens (tertiary/aromatic N) is 2. The molecular weight excluding hydrogens is 402 g/mol. The fourth-order valence-electron chi connectivity index (χ4n) is 3.78. The Hall–Kier alpha value is -3.54. The van der Waals surface area contributed by atoms with E-state index in [9.17, 15) is 4.79 Å². The first kappa shape index (κ1) is 21.7. The maximum atomic E-state index is 11.9. The van der Waals surface area contributed by atoms with E-state index >= 15 is 0 Å². The molecule has 0 radical (unpaired) electrons. The number of benzene rings is 2. The second kappa shape index (κ2) is 11.2. The van der Waals surface area contributed by atoms with Crippen LogP contribution in [-0.2, 0) is 13.0 Å². The summed E-state index contributed by atoms with van der Waals surface area (Å²) in [5.41, 5.74) is 2.21. The summed E-state index contributed by atoms with van der Waals surface area (Å²) in [7, 11) is 0. The van der Waals surface area contributed by atoms with Gasteiger partial charge in [0.05, 0.1) is 23.9 Å². The van der Waals surface area contributed by atoms with Gasteiger partial charge in [-0.05, 0) is 55.7 Å². The van der Waals surface area contributed by atoms with E-state index in [0.717, 1.165) is 55.7 Å². The van der Waals surface area contributed by atoms with Gasteiger partial charge >= 0.3 is 0 Å². The number of hydrogen-bond acceptors (Lipinski definition) is 4. The monoisotopic (exact) mass is 431 g/mol. The lowest BCUT2D eigenvalue weighted by molar-refractivity contribution is 0.0925. The van der Waals surface area contributed by atoms with Crippen molar-refractivity contribution >= 4 is 16.9 Å². The molecule has 6 heteroatoms. The number of rotatable bonds is 12. The number of unbranched alkanes of at least 4 members (excludes halogenated alkanes) is 2. The van der Waals surface area contributed by atoms with Crippen LogP contribution in [0.1, 0.15) is 42.1 Å². The summed E-state index contributed by atoms with van der Waals surface area (Å²) in [5.74, 6) is 2.22. The smallest absolute Gasteiger partial charge is 0.286 e. The Labute approximate surface area is 188 Å². The van der Waals surface area contributed by atoms with Gasteiger partial charge in [0, 0.05) is 19.5 Å². The number of nitrogens with one attached hydrogen (secondary N) is 1. The predicted octanol–water partition coefficient (Wildman–Crippen LogP) is 5.24. The molecule has 2 aromatic carbocycles. The number of carbonyl (C=O) groups excluding carboxylic acids is 1. The van der Waals surface area contributed by atoms with Crippen molar-refractivity contribution in [1.29, 1.82) is 0 Å². The van der Waals surface area contributed by atoms with Crippen LogP contribution in [-0.4, -0.2) is 28.6 Å². The van der Waals surface area contributed by atoms with Crippen molar-refractivity contribution in [3.05, 3.63) is 84.6 Å². The standard InChI is InChI=1S/C26H29N3O3/c30-26(24-15-9-19-32-24)27-17-8-2-5-16-25-28-22-13-6-7-14-23(22)29(25)18-10-20-31-21-11-3-1-4-12-21/h1,3-4,6-7,9,11-15,19H,2,5,8,10,16-18,20H2,(H,27,30). The average Bonchev–Trinajstić information content (AvgIpc) is 3.48. The molecule has 0 spiro atoms. The number of ether oxygens (including phenoxy) is 1. The third kappa shape index (κ3) is 5.78. The number of carbonyl (C=O) groups is 1. The summed E-state index contributed by atoms with van der Waals surface area (Å²) < 4.78 is 13.3. The van der Waals surface area contributed by atoms with Gasteiger partial charge in [-0.1, -0.05) is 36.8 Å². The fraction of sp³-hybridized carbons (Fsp3) is 0.308. The molecule has 0 aliphatic rings. The van der Waals surface area contributed by atoms with Gasteiger partial charge in [0.1, 0.15) is 11.6 Å². The zero-order valence-corrected chi connectivity index (χ0v) is 18.2. The second-order valence-electron chi connectivity index (χ2n) is 7.73. The summed E-state index contributed by atoms with van der Waals surface area (Å²) in [6, 6.07) is 21.6. The van der Waals surface area contributed by atoms with Gasteiger partial charge in [-0.25, -0.2) is 4.98 Å². The summed E-state index contributed by atoms with van der Waals surface area (Å²) in [6.45, 7) is 2.19. The molecule has 1 amide bonds. The molecule has 0 aliphatic carbocycles. The zero-order valence-electron chi connectivity index (χ0n) is 18.2. The number of aryl methyl sites for hydroxylation is 2. The van der Waals surface area contributed by atoms with E-state index in [1.54, 1.807) is 12.1 Å². The number of imidazole rings is 1. The van der Waals surface area contributed by atoms with Gasteiger partial charge in [0.25, 0.3) is 5.91 Å². The maximum absolute atomic E-state index is 11.9. The van der Waals surface area contributed by atoms with E-state index in [4.69, 9.17) is 14.1 Å². The highest BCUT2D eigenvalue weighted by Crippen LogP contribution is 2.19. The molecule has 0 fully saturated rings. The van der Waals surface area contributed by atoms with Crippen LogP contribution in [0.4, 0.5) is 0 Å². The van der Waals surface area contributed by atoms with E-state index in [1.807, 2.05) is 36.4 Å². The van der Waals surface area contributed by atoms with Crippen LogP contribution >= 0.6 is 0 Å². The van der Waals surface area contributed by atoms with Crippen molar-refractivity contribution in [2.75, 3.05) is 13.2 Å². The van der Waals surface area contributed by atoms with Gasteiger partial charge in [-0.15, -0.1) is 0 Å². The molecule has 6 nitrogen and oxygen atoms in total. The van der Waals surface area contributed by atoms with E-state index in [1.165, 1.54) is 11.8 Å². The Morgan fingerprint density at radius 2 is 1.78 bits per heavy atom. The molecule has 4 rings (SSSR count). The van der Waals surface area contributed by atoms with Gasteiger partial charge < -0.3 is 19.0 Å². The summed E-state index contributed by atoms with van der Waals surface area (Å²) in [5, 5.41) is 2.90. The SMILES string of the molecule is O=C(NCCCCCc1nc2ccccc2n1CCCOc1ccccc1)c1ccco1. The molecule has 32 heavy (non-hydrogen) atoms. The van der Waals surface area contributed by atoms with Gasteiger partial charge in [-0.3, -0.25) is 4.79 Å². The molecule has 2 heterocycles. The largest absolute Gasteiger partial charge is 0.494 e. The molecular formula is C26H29N3O3. The third-order valence-corrected chi connectivity index (χ3v) is 5.38. The lowest BCUT2D eigenvalue weighted by Gasteiger charge is -2.10. The van der Waals surface area contributed by atoms with Crippen LogP contribution in [0, 0.1) is 0 Å². The molecule has 166 valence electrons. The minimum atomic E-state index is -0.158. The van der Waals surface area contributed by atoms with Crippen LogP contribution in [0.15, 0.2) is 77.4 Å². The van der Waals surface area contributed by atoms with Crippen LogP contribution in [0.25, 0.3) is 11.0 Å². The number of fused-ring (bicyclic) bond motifs is 1. The highest BCUT2D eigenvalue weighted by Gasteiger charge is 2.11. The molecule has 1 N–H and O–H groups in total. The first-order valence-corrected chi connectivity index (χ1v) is 11.2. The van der Waals surface area contributed by atoms with Gasteiger partial charge in [0.2, 0.25) is 0 Å². The number of hydrogen-bond donors (Lipinski definition) is 1. The van der Waals surface area contributed by atoms with Crippen molar-refractivity contribution in [2.45, 2.75) is 38.6 Å². The van der Waals surface area contributed by atoms with E-state index in [0.29, 0.717) is 18.9 Å². The Bertz CT molecular complexity index is 1100. The molecule has 0 atom stereocenters. The predicted molar refractivity (Wildman–Crippen MR) is 125 cm³/mol. The van der Waals surface area contributed by atoms with Crippen molar-refractivity contribution in [1.82, 2.24) is 14.9 Å². The minimum absolute atomic E-state index is 0.158. The van der Waals surface area contributed by atoms with Crippen molar-refractivity contribution in [3.8, 4) is 5.75 Å². The van der Waals surface area contributed by atoms with Crippen LogP contribution in [0.5, 0.6) is 5.75 Å². The number of aromatic nitrogens is 2. The van der Waals surface area contributed by atoms with Crippen molar-refractivity contribution < 1.29 is 13.9 Å². The number of amides is 1. The van der Waals surface area contributed by atoms with Crippen LogP contribution in [0.2, 0.25) is 0 Å².